The number of hydrogen-bond acceptors (Lipinski definition) is 3. The highest BCUT2D eigenvalue weighted by atomic mass is 16.5. The molecule has 0 atom stereocenters. The van der Waals surface area contributed by atoms with E-state index in [-0.39, 0.29) is 0 Å². The Morgan fingerprint density at radius 1 is 1.23 bits per heavy atom. The van der Waals surface area contributed by atoms with Gasteiger partial charge in [0.25, 0.3) is 0 Å². The van der Waals surface area contributed by atoms with E-state index in [0.29, 0.717) is 0 Å². The van der Waals surface area contributed by atoms with Gasteiger partial charge in [-0.3, -0.25) is 4.99 Å². The zero-order chi connectivity index (χ0) is 18.8. The summed E-state index contributed by atoms with van der Waals surface area (Å²) in [5, 5.41) is 6.87. The van der Waals surface area contributed by atoms with E-state index in [1.807, 2.05) is 7.05 Å². The second-order valence-corrected chi connectivity index (χ2v) is 7.15. The average molecular weight is 361 g/mol. The molecule has 0 bridgehead atoms. The monoisotopic (exact) mass is 360 g/mol. The lowest BCUT2D eigenvalue weighted by Gasteiger charge is -2.31. The summed E-state index contributed by atoms with van der Waals surface area (Å²) in [4.78, 5) is 6.88. The van der Waals surface area contributed by atoms with Crippen LogP contribution in [-0.2, 0) is 6.42 Å². The van der Waals surface area contributed by atoms with Gasteiger partial charge in [-0.1, -0.05) is 19.1 Å². The van der Waals surface area contributed by atoms with Crippen molar-refractivity contribution in [1.82, 2.24) is 15.5 Å². The van der Waals surface area contributed by atoms with Crippen molar-refractivity contribution >= 4 is 5.96 Å². The van der Waals surface area contributed by atoms with E-state index in [4.69, 9.17) is 4.74 Å². The number of piperidine rings is 1. The van der Waals surface area contributed by atoms with Crippen molar-refractivity contribution in [2.24, 2.45) is 10.9 Å². The molecule has 0 amide bonds. The number of ether oxygens (including phenoxy) is 1. The van der Waals surface area contributed by atoms with Gasteiger partial charge in [0, 0.05) is 20.1 Å². The zero-order valence-corrected chi connectivity index (χ0v) is 17.0. The minimum Gasteiger partial charge on any atom is -0.496 e. The van der Waals surface area contributed by atoms with Crippen LogP contribution in [0, 0.1) is 12.8 Å². The summed E-state index contributed by atoms with van der Waals surface area (Å²) in [5.74, 6) is 2.71. The molecule has 1 aromatic carbocycles. The van der Waals surface area contributed by atoms with Crippen LogP contribution < -0.4 is 15.4 Å². The molecule has 5 heteroatoms. The number of guanidine groups is 1. The molecule has 0 saturated carbocycles. The summed E-state index contributed by atoms with van der Waals surface area (Å²) in [6.07, 6.45) is 4.84. The zero-order valence-electron chi connectivity index (χ0n) is 17.0. The molecule has 0 spiro atoms. The summed E-state index contributed by atoms with van der Waals surface area (Å²) in [5.41, 5.74) is 2.45. The quantitative estimate of drug-likeness (QED) is 0.553. The Morgan fingerprint density at radius 2 is 1.96 bits per heavy atom. The predicted molar refractivity (Wildman–Crippen MR) is 110 cm³/mol. The molecule has 1 aliphatic rings. The summed E-state index contributed by atoms with van der Waals surface area (Å²) in [6, 6.07) is 6.40. The van der Waals surface area contributed by atoms with E-state index in [1.54, 1.807) is 7.11 Å². The Morgan fingerprint density at radius 3 is 2.62 bits per heavy atom. The summed E-state index contributed by atoms with van der Waals surface area (Å²) < 4.78 is 5.40. The van der Waals surface area contributed by atoms with Crippen LogP contribution in [-0.4, -0.2) is 57.7 Å². The lowest BCUT2D eigenvalue weighted by Crippen LogP contribution is -2.40. The number of likely N-dealkylation sites (tertiary alicyclic amines) is 1. The minimum atomic E-state index is 0.850. The van der Waals surface area contributed by atoms with E-state index < -0.39 is 0 Å². The molecule has 2 rings (SSSR count). The van der Waals surface area contributed by atoms with Crippen LogP contribution in [0.5, 0.6) is 5.75 Å². The highest BCUT2D eigenvalue weighted by Gasteiger charge is 2.17. The van der Waals surface area contributed by atoms with Crippen molar-refractivity contribution in [2.75, 3.05) is 46.9 Å². The third-order valence-electron chi connectivity index (χ3n) is 5.40. The van der Waals surface area contributed by atoms with Gasteiger partial charge >= 0.3 is 0 Å². The molecule has 0 radical (unpaired) electrons. The number of aryl methyl sites for hydroxylation is 1. The SMILES string of the molecule is CCN1CCC(CCNC(=NC)NCCc2ccc(C)c(OC)c2)CC1. The molecular formula is C21H36N4O. The molecule has 0 unspecified atom stereocenters. The highest BCUT2D eigenvalue weighted by Crippen LogP contribution is 2.20. The fourth-order valence-electron chi connectivity index (χ4n) is 3.55. The lowest BCUT2D eigenvalue weighted by molar-refractivity contribution is 0.187. The Kier molecular flexibility index (Phi) is 8.75. The molecule has 26 heavy (non-hydrogen) atoms. The maximum atomic E-state index is 5.40. The lowest BCUT2D eigenvalue weighted by atomic mass is 9.93. The largest absolute Gasteiger partial charge is 0.496 e. The molecule has 2 N–H and O–H groups in total. The summed E-state index contributed by atoms with van der Waals surface area (Å²) >= 11 is 0. The van der Waals surface area contributed by atoms with Crippen LogP contribution in [0.4, 0.5) is 0 Å². The van der Waals surface area contributed by atoms with E-state index in [1.165, 1.54) is 50.0 Å². The Bertz CT molecular complexity index is 565. The van der Waals surface area contributed by atoms with Gasteiger partial charge in [-0.15, -0.1) is 0 Å². The molecule has 1 fully saturated rings. The molecule has 1 aliphatic heterocycles. The normalized spacial score (nSPS) is 16.5. The number of nitrogens with one attached hydrogen (secondary N) is 2. The first kappa shape index (κ1) is 20.6. The maximum absolute atomic E-state index is 5.40. The average Bonchev–Trinajstić information content (AvgIpc) is 2.68. The molecule has 1 heterocycles. The molecular weight excluding hydrogens is 324 g/mol. The molecule has 5 nitrogen and oxygen atoms in total. The van der Waals surface area contributed by atoms with Gasteiger partial charge in [0.05, 0.1) is 7.11 Å². The first-order valence-corrected chi connectivity index (χ1v) is 9.96. The highest BCUT2D eigenvalue weighted by molar-refractivity contribution is 5.79. The van der Waals surface area contributed by atoms with Gasteiger partial charge in [-0.2, -0.15) is 0 Å². The van der Waals surface area contributed by atoms with Gasteiger partial charge in [0.2, 0.25) is 0 Å². The Balaban J connectivity index is 1.65. The van der Waals surface area contributed by atoms with Crippen molar-refractivity contribution in [3.05, 3.63) is 29.3 Å². The molecule has 0 aromatic heterocycles. The summed E-state index contributed by atoms with van der Waals surface area (Å²) in [7, 11) is 3.56. The predicted octanol–water partition coefficient (Wildman–Crippen LogP) is 2.83. The second-order valence-electron chi connectivity index (χ2n) is 7.15. The van der Waals surface area contributed by atoms with Crippen molar-refractivity contribution in [3.63, 3.8) is 0 Å². The smallest absolute Gasteiger partial charge is 0.190 e. The number of rotatable bonds is 8. The topological polar surface area (TPSA) is 48.9 Å². The molecule has 0 aliphatic carbocycles. The molecule has 1 aromatic rings. The van der Waals surface area contributed by atoms with Crippen molar-refractivity contribution < 1.29 is 4.74 Å². The molecule has 1 saturated heterocycles. The van der Waals surface area contributed by atoms with Gasteiger partial charge in [-0.25, -0.2) is 0 Å². The van der Waals surface area contributed by atoms with Crippen LogP contribution in [0.3, 0.4) is 0 Å². The maximum Gasteiger partial charge on any atom is 0.190 e. The van der Waals surface area contributed by atoms with Crippen molar-refractivity contribution in [3.8, 4) is 5.75 Å². The third kappa shape index (κ3) is 6.52. The number of hydrogen-bond donors (Lipinski definition) is 2. The second kappa shape index (κ2) is 11.1. The fraction of sp³-hybridized carbons (Fsp3) is 0.667. The van der Waals surface area contributed by atoms with Crippen LogP contribution in [0.1, 0.15) is 37.3 Å². The third-order valence-corrected chi connectivity index (χ3v) is 5.40. The molecule has 146 valence electrons. The van der Waals surface area contributed by atoms with Crippen LogP contribution in [0.25, 0.3) is 0 Å². The summed E-state index contributed by atoms with van der Waals surface area (Å²) in [6.45, 7) is 9.88. The fourth-order valence-corrected chi connectivity index (χ4v) is 3.55. The van der Waals surface area contributed by atoms with Gasteiger partial charge in [0.1, 0.15) is 5.75 Å². The Labute approximate surface area is 159 Å². The van der Waals surface area contributed by atoms with Crippen molar-refractivity contribution in [1.29, 1.82) is 0 Å². The number of nitrogens with zero attached hydrogens (tertiary/aromatic N) is 2. The van der Waals surface area contributed by atoms with Crippen molar-refractivity contribution in [2.45, 2.75) is 39.5 Å². The number of benzene rings is 1. The number of aliphatic imine (C=N–C) groups is 1. The van der Waals surface area contributed by atoms with E-state index >= 15 is 0 Å². The van der Waals surface area contributed by atoms with Crippen LogP contribution in [0.15, 0.2) is 23.2 Å². The van der Waals surface area contributed by atoms with Gasteiger partial charge < -0.3 is 20.3 Å². The van der Waals surface area contributed by atoms with Crippen LogP contribution in [0.2, 0.25) is 0 Å². The van der Waals surface area contributed by atoms with E-state index in [0.717, 1.165) is 37.1 Å². The standard InChI is InChI=1S/C21H36N4O/c1-5-25-14-10-18(11-15-25)8-12-23-21(22-3)24-13-9-19-7-6-17(2)20(16-19)26-4/h6-7,16,18H,5,8-15H2,1-4H3,(H2,22,23,24). The van der Waals surface area contributed by atoms with Crippen LogP contribution >= 0.6 is 0 Å². The van der Waals surface area contributed by atoms with E-state index in [9.17, 15) is 0 Å². The Hall–Kier alpha value is -1.75. The number of methoxy groups -OCH3 is 1. The van der Waals surface area contributed by atoms with Gasteiger partial charge in [-0.05, 0) is 75.4 Å². The van der Waals surface area contributed by atoms with E-state index in [2.05, 4.69) is 52.6 Å². The first-order valence-electron chi connectivity index (χ1n) is 9.96. The minimum absolute atomic E-state index is 0.850. The van der Waals surface area contributed by atoms with Gasteiger partial charge in [0.15, 0.2) is 5.96 Å². The first-order chi connectivity index (χ1) is 12.7.